The first-order chi connectivity index (χ1) is 11.7. The number of benzene rings is 2. The van der Waals surface area contributed by atoms with Crippen molar-refractivity contribution in [3.8, 4) is 0 Å². The fourth-order valence-corrected chi connectivity index (χ4v) is 1.75. The molecule has 0 fully saturated rings. The van der Waals surface area contributed by atoms with Gasteiger partial charge < -0.3 is 9.47 Å². The van der Waals surface area contributed by atoms with E-state index in [1.165, 1.54) is 0 Å². The highest BCUT2D eigenvalue weighted by molar-refractivity contribution is 5.60. The largest absolute Gasteiger partial charge is 0.508 e. The smallest absolute Gasteiger partial charge is 0.429 e. The molecule has 9 nitrogen and oxygen atoms in total. The SMILES string of the molecule is [N-]=[N+]=Nc1ccc(COC(=O)OCc2ccc(N=[N+]=[N-])cc2)cc1. The molecular formula is C15H12N6O3. The van der Waals surface area contributed by atoms with E-state index >= 15 is 0 Å². The Hall–Kier alpha value is -3.67. The van der Waals surface area contributed by atoms with Gasteiger partial charge in [0.15, 0.2) is 0 Å². The monoisotopic (exact) mass is 324 g/mol. The van der Waals surface area contributed by atoms with Gasteiger partial charge in [-0.25, -0.2) is 4.79 Å². The van der Waals surface area contributed by atoms with Crippen molar-refractivity contribution in [2.75, 3.05) is 0 Å². The van der Waals surface area contributed by atoms with Crippen LogP contribution < -0.4 is 0 Å². The maximum atomic E-state index is 11.6. The Morgan fingerprint density at radius 1 is 0.792 bits per heavy atom. The standard InChI is InChI=1S/C15H12N6O3/c16-20-18-13-5-1-11(2-6-13)9-23-15(22)24-10-12-3-7-14(8-4-12)19-21-17/h1-8H,9-10H2. The molecular weight excluding hydrogens is 312 g/mol. The van der Waals surface area contributed by atoms with Crippen LogP contribution in [0.25, 0.3) is 20.9 Å². The molecule has 0 aliphatic heterocycles. The number of carbonyl (C=O) groups excluding carboxylic acids is 1. The van der Waals surface area contributed by atoms with Crippen molar-refractivity contribution in [1.82, 2.24) is 0 Å². The van der Waals surface area contributed by atoms with Gasteiger partial charge in [0.2, 0.25) is 0 Å². The second kappa shape index (κ2) is 8.70. The van der Waals surface area contributed by atoms with E-state index in [4.69, 9.17) is 20.5 Å². The molecule has 24 heavy (non-hydrogen) atoms. The molecule has 0 atom stereocenters. The van der Waals surface area contributed by atoms with Crippen molar-refractivity contribution in [2.24, 2.45) is 10.2 Å². The summed E-state index contributed by atoms with van der Waals surface area (Å²) in [5.74, 6) is 0. The minimum Gasteiger partial charge on any atom is -0.429 e. The lowest BCUT2D eigenvalue weighted by atomic mass is 10.2. The molecule has 0 saturated heterocycles. The Labute approximate surface area is 136 Å². The average molecular weight is 324 g/mol. The number of nitrogens with zero attached hydrogens (tertiary/aromatic N) is 6. The third kappa shape index (κ3) is 5.27. The molecule has 0 radical (unpaired) electrons. The van der Waals surface area contributed by atoms with Crippen LogP contribution in [0.15, 0.2) is 58.8 Å². The molecule has 2 rings (SSSR count). The van der Waals surface area contributed by atoms with E-state index in [2.05, 4.69) is 20.1 Å². The Kier molecular flexibility index (Phi) is 6.05. The van der Waals surface area contributed by atoms with Crippen molar-refractivity contribution in [3.05, 3.63) is 80.5 Å². The second-order valence-electron chi connectivity index (χ2n) is 4.54. The van der Waals surface area contributed by atoms with E-state index in [9.17, 15) is 4.79 Å². The molecule has 0 aliphatic carbocycles. The van der Waals surface area contributed by atoms with Gasteiger partial charge in [0.25, 0.3) is 0 Å². The molecule has 0 amide bonds. The first-order valence-electron chi connectivity index (χ1n) is 6.79. The van der Waals surface area contributed by atoms with Crippen LogP contribution in [0.3, 0.4) is 0 Å². The van der Waals surface area contributed by atoms with Gasteiger partial charge in [0.05, 0.1) is 0 Å². The number of azide groups is 2. The van der Waals surface area contributed by atoms with Gasteiger partial charge in [-0.2, -0.15) is 0 Å². The minimum absolute atomic E-state index is 0.0468. The number of ether oxygens (including phenoxy) is 2. The van der Waals surface area contributed by atoms with Crippen LogP contribution in [0.2, 0.25) is 0 Å². The highest BCUT2D eigenvalue weighted by Gasteiger charge is 2.05. The first kappa shape index (κ1) is 16.7. The van der Waals surface area contributed by atoms with Crippen molar-refractivity contribution < 1.29 is 14.3 Å². The molecule has 0 aromatic heterocycles. The maximum absolute atomic E-state index is 11.6. The summed E-state index contributed by atoms with van der Waals surface area (Å²) >= 11 is 0. The van der Waals surface area contributed by atoms with Gasteiger partial charge >= 0.3 is 6.16 Å². The van der Waals surface area contributed by atoms with Crippen LogP contribution in [-0.4, -0.2) is 6.16 Å². The second-order valence-corrected chi connectivity index (χ2v) is 4.54. The Morgan fingerprint density at radius 2 is 1.17 bits per heavy atom. The van der Waals surface area contributed by atoms with Crippen LogP contribution in [-0.2, 0) is 22.7 Å². The van der Waals surface area contributed by atoms with Crippen LogP contribution in [0, 0.1) is 0 Å². The lowest BCUT2D eigenvalue weighted by molar-refractivity contribution is 0.0446. The van der Waals surface area contributed by atoms with E-state index in [0.29, 0.717) is 11.4 Å². The van der Waals surface area contributed by atoms with E-state index < -0.39 is 6.16 Å². The topological polar surface area (TPSA) is 133 Å². The molecule has 120 valence electrons. The predicted octanol–water partition coefficient (Wildman–Crippen LogP) is 5.42. The van der Waals surface area contributed by atoms with Gasteiger partial charge in [-0.15, -0.1) is 0 Å². The van der Waals surface area contributed by atoms with Gasteiger partial charge in [-0.05, 0) is 22.2 Å². The van der Waals surface area contributed by atoms with Crippen molar-refractivity contribution in [3.63, 3.8) is 0 Å². The lowest BCUT2D eigenvalue weighted by Gasteiger charge is -2.07. The van der Waals surface area contributed by atoms with Gasteiger partial charge in [0, 0.05) is 21.2 Å². The minimum atomic E-state index is -0.798. The van der Waals surface area contributed by atoms with E-state index in [-0.39, 0.29) is 13.2 Å². The summed E-state index contributed by atoms with van der Waals surface area (Å²) in [6, 6.07) is 13.2. The van der Waals surface area contributed by atoms with Crippen LogP contribution in [0.5, 0.6) is 0 Å². The summed E-state index contributed by atoms with van der Waals surface area (Å²) in [5, 5.41) is 6.89. The van der Waals surface area contributed by atoms with Crippen LogP contribution >= 0.6 is 0 Å². The summed E-state index contributed by atoms with van der Waals surface area (Å²) in [7, 11) is 0. The Balaban J connectivity index is 1.78. The predicted molar refractivity (Wildman–Crippen MR) is 85.5 cm³/mol. The van der Waals surface area contributed by atoms with Crippen LogP contribution in [0.1, 0.15) is 11.1 Å². The maximum Gasteiger partial charge on any atom is 0.508 e. The fraction of sp³-hybridized carbons (Fsp3) is 0.133. The quantitative estimate of drug-likeness (QED) is 0.303. The van der Waals surface area contributed by atoms with Crippen molar-refractivity contribution >= 4 is 17.5 Å². The molecule has 2 aromatic rings. The van der Waals surface area contributed by atoms with Crippen molar-refractivity contribution in [2.45, 2.75) is 13.2 Å². The lowest BCUT2D eigenvalue weighted by Crippen LogP contribution is -2.07. The van der Waals surface area contributed by atoms with E-state index in [0.717, 1.165) is 11.1 Å². The molecule has 0 heterocycles. The number of rotatable bonds is 6. The normalized spacial score (nSPS) is 9.33. The third-order valence-electron chi connectivity index (χ3n) is 2.91. The third-order valence-corrected chi connectivity index (χ3v) is 2.91. The van der Waals surface area contributed by atoms with Crippen LogP contribution in [0.4, 0.5) is 16.2 Å². The molecule has 0 spiro atoms. The zero-order chi connectivity index (χ0) is 17.2. The molecule has 2 aromatic carbocycles. The highest BCUT2D eigenvalue weighted by Crippen LogP contribution is 2.15. The Morgan fingerprint density at radius 3 is 1.50 bits per heavy atom. The number of carbonyl (C=O) groups is 1. The molecule has 0 unspecified atom stereocenters. The van der Waals surface area contributed by atoms with Crippen molar-refractivity contribution in [1.29, 1.82) is 0 Å². The zero-order valence-corrected chi connectivity index (χ0v) is 12.4. The van der Waals surface area contributed by atoms with E-state index in [1.54, 1.807) is 48.5 Å². The molecule has 0 bridgehead atoms. The molecule has 0 aliphatic rings. The molecule has 0 saturated carbocycles. The van der Waals surface area contributed by atoms with E-state index in [1.807, 2.05) is 0 Å². The summed E-state index contributed by atoms with van der Waals surface area (Å²) in [6.07, 6.45) is -0.798. The summed E-state index contributed by atoms with van der Waals surface area (Å²) in [5.41, 5.74) is 19.1. The summed E-state index contributed by atoms with van der Waals surface area (Å²) in [4.78, 5) is 16.9. The Bertz CT molecular complexity index is 723. The zero-order valence-electron chi connectivity index (χ0n) is 12.4. The van der Waals surface area contributed by atoms with Gasteiger partial charge in [-0.3, -0.25) is 0 Å². The number of hydrogen-bond acceptors (Lipinski definition) is 5. The molecule has 0 N–H and O–H groups in total. The summed E-state index contributed by atoms with van der Waals surface area (Å²) in [6.45, 7) is 0.0937. The number of hydrogen-bond donors (Lipinski definition) is 0. The van der Waals surface area contributed by atoms with Gasteiger partial charge in [0.1, 0.15) is 13.2 Å². The highest BCUT2D eigenvalue weighted by atomic mass is 16.7. The summed E-state index contributed by atoms with van der Waals surface area (Å²) < 4.78 is 9.96. The fourth-order valence-electron chi connectivity index (χ4n) is 1.75. The molecule has 9 heteroatoms. The first-order valence-corrected chi connectivity index (χ1v) is 6.79. The van der Waals surface area contributed by atoms with Gasteiger partial charge in [-0.1, -0.05) is 58.8 Å². The average Bonchev–Trinajstić information content (AvgIpc) is 2.61.